The standard InChI is InChI=1S/C12H24/c1-5-8-12(9-6-2)10-11(12,4)7-3/h5-10H2,1-4H3. The third kappa shape index (κ3) is 1.41. The Morgan fingerprint density at radius 3 is 1.75 bits per heavy atom. The fourth-order valence-corrected chi connectivity index (χ4v) is 3.07. The molecule has 0 heteroatoms. The molecule has 0 saturated heterocycles. The molecule has 1 aliphatic rings. The van der Waals surface area contributed by atoms with E-state index in [0.29, 0.717) is 5.41 Å². The van der Waals surface area contributed by atoms with Crippen molar-refractivity contribution < 1.29 is 0 Å². The van der Waals surface area contributed by atoms with Crippen molar-refractivity contribution in [2.45, 2.75) is 66.2 Å². The van der Waals surface area contributed by atoms with E-state index >= 15 is 0 Å². The van der Waals surface area contributed by atoms with Gasteiger partial charge in [0.15, 0.2) is 0 Å². The second-order valence-electron chi connectivity index (χ2n) is 4.87. The van der Waals surface area contributed by atoms with E-state index in [1.165, 1.54) is 38.5 Å². The van der Waals surface area contributed by atoms with E-state index in [1.54, 1.807) is 0 Å². The van der Waals surface area contributed by atoms with Gasteiger partial charge in [-0.05, 0) is 30.1 Å². The molecule has 1 atom stereocenters. The molecule has 0 heterocycles. The average molecular weight is 168 g/mol. The number of hydrogen-bond acceptors (Lipinski definition) is 0. The van der Waals surface area contributed by atoms with E-state index in [1.807, 2.05) is 0 Å². The van der Waals surface area contributed by atoms with Crippen LogP contribution in [-0.4, -0.2) is 0 Å². The molecule has 1 saturated carbocycles. The molecule has 1 fully saturated rings. The first kappa shape index (κ1) is 10.1. The molecule has 0 N–H and O–H groups in total. The van der Waals surface area contributed by atoms with Crippen LogP contribution in [0.4, 0.5) is 0 Å². The maximum absolute atomic E-state index is 2.48. The van der Waals surface area contributed by atoms with Crippen LogP contribution in [-0.2, 0) is 0 Å². The molecule has 1 rings (SSSR count). The Bertz CT molecular complexity index is 137. The molecule has 0 amide bonds. The molecule has 0 aromatic heterocycles. The zero-order valence-corrected chi connectivity index (χ0v) is 9.24. The molecule has 72 valence electrons. The summed E-state index contributed by atoms with van der Waals surface area (Å²) < 4.78 is 0. The first-order valence-corrected chi connectivity index (χ1v) is 5.64. The predicted octanol–water partition coefficient (Wildman–Crippen LogP) is 4.39. The highest BCUT2D eigenvalue weighted by atomic mass is 14.6. The van der Waals surface area contributed by atoms with Gasteiger partial charge in [-0.25, -0.2) is 0 Å². The van der Waals surface area contributed by atoms with Crippen molar-refractivity contribution in [3.8, 4) is 0 Å². The Kier molecular flexibility index (Phi) is 2.85. The van der Waals surface area contributed by atoms with Gasteiger partial charge in [-0.15, -0.1) is 0 Å². The average Bonchev–Trinajstić information content (AvgIpc) is 2.59. The molecule has 0 nitrogen and oxygen atoms in total. The third-order valence-electron chi connectivity index (χ3n) is 4.12. The van der Waals surface area contributed by atoms with Gasteiger partial charge in [0, 0.05) is 0 Å². The fraction of sp³-hybridized carbons (Fsp3) is 1.00. The second kappa shape index (κ2) is 3.40. The zero-order valence-electron chi connectivity index (χ0n) is 9.24. The molecular formula is C12H24. The van der Waals surface area contributed by atoms with E-state index < -0.39 is 0 Å². The van der Waals surface area contributed by atoms with E-state index in [2.05, 4.69) is 27.7 Å². The summed E-state index contributed by atoms with van der Waals surface area (Å²) in [5.41, 5.74) is 1.46. The number of hydrogen-bond donors (Lipinski definition) is 0. The van der Waals surface area contributed by atoms with E-state index in [4.69, 9.17) is 0 Å². The van der Waals surface area contributed by atoms with Gasteiger partial charge in [-0.3, -0.25) is 0 Å². The molecule has 12 heavy (non-hydrogen) atoms. The highest BCUT2D eigenvalue weighted by Crippen LogP contribution is 2.70. The van der Waals surface area contributed by atoms with Crippen LogP contribution in [0.2, 0.25) is 0 Å². The van der Waals surface area contributed by atoms with Gasteiger partial charge < -0.3 is 0 Å². The molecule has 1 unspecified atom stereocenters. The van der Waals surface area contributed by atoms with Gasteiger partial charge in [0.1, 0.15) is 0 Å². The summed E-state index contributed by atoms with van der Waals surface area (Å²) in [5.74, 6) is 0. The molecule has 0 spiro atoms. The Morgan fingerprint density at radius 1 is 1.00 bits per heavy atom. The minimum absolute atomic E-state index is 0.707. The lowest BCUT2D eigenvalue weighted by atomic mass is 9.84. The molecular weight excluding hydrogens is 144 g/mol. The van der Waals surface area contributed by atoms with Crippen LogP contribution in [0.25, 0.3) is 0 Å². The van der Waals surface area contributed by atoms with Crippen LogP contribution in [0, 0.1) is 10.8 Å². The van der Waals surface area contributed by atoms with Gasteiger partial charge in [-0.1, -0.05) is 47.0 Å². The van der Waals surface area contributed by atoms with Crippen LogP contribution in [0.5, 0.6) is 0 Å². The maximum Gasteiger partial charge on any atom is -0.0238 e. The second-order valence-corrected chi connectivity index (χ2v) is 4.87. The first-order chi connectivity index (χ1) is 5.64. The van der Waals surface area contributed by atoms with Crippen molar-refractivity contribution in [2.24, 2.45) is 10.8 Å². The molecule has 1 aliphatic carbocycles. The van der Waals surface area contributed by atoms with Crippen molar-refractivity contribution in [2.75, 3.05) is 0 Å². The lowest BCUT2D eigenvalue weighted by Crippen LogP contribution is -2.10. The third-order valence-corrected chi connectivity index (χ3v) is 4.12. The number of rotatable bonds is 5. The maximum atomic E-state index is 2.48. The monoisotopic (exact) mass is 168 g/mol. The predicted molar refractivity (Wildman–Crippen MR) is 55.3 cm³/mol. The Labute approximate surface area is 77.7 Å². The summed E-state index contributed by atoms with van der Waals surface area (Å²) in [5, 5.41) is 0. The smallest absolute Gasteiger partial charge is 0.0238 e. The summed E-state index contributed by atoms with van der Waals surface area (Å²) in [6.45, 7) is 9.49. The largest absolute Gasteiger partial charge is 0.0654 e. The summed E-state index contributed by atoms with van der Waals surface area (Å²) in [4.78, 5) is 0. The molecule has 0 aromatic carbocycles. The van der Waals surface area contributed by atoms with Gasteiger partial charge >= 0.3 is 0 Å². The van der Waals surface area contributed by atoms with E-state index in [-0.39, 0.29) is 0 Å². The summed E-state index contributed by atoms with van der Waals surface area (Å²) >= 11 is 0. The van der Waals surface area contributed by atoms with E-state index in [9.17, 15) is 0 Å². The Morgan fingerprint density at radius 2 is 1.50 bits per heavy atom. The minimum Gasteiger partial charge on any atom is -0.0654 e. The zero-order chi connectivity index (χ0) is 9.24. The minimum atomic E-state index is 0.707. The lowest BCUT2D eigenvalue weighted by Gasteiger charge is -2.20. The topological polar surface area (TPSA) is 0 Å². The van der Waals surface area contributed by atoms with Gasteiger partial charge in [0.05, 0.1) is 0 Å². The molecule has 0 aliphatic heterocycles. The van der Waals surface area contributed by atoms with Crippen LogP contribution in [0.1, 0.15) is 66.2 Å². The van der Waals surface area contributed by atoms with Crippen LogP contribution < -0.4 is 0 Å². The highest BCUT2D eigenvalue weighted by molar-refractivity contribution is 5.10. The normalized spacial score (nSPS) is 32.0. The summed E-state index contributed by atoms with van der Waals surface area (Å²) in [7, 11) is 0. The van der Waals surface area contributed by atoms with Gasteiger partial charge in [-0.2, -0.15) is 0 Å². The van der Waals surface area contributed by atoms with Gasteiger partial charge in [0.25, 0.3) is 0 Å². The fourth-order valence-electron chi connectivity index (χ4n) is 3.07. The van der Waals surface area contributed by atoms with Crippen molar-refractivity contribution in [3.05, 3.63) is 0 Å². The first-order valence-electron chi connectivity index (χ1n) is 5.64. The van der Waals surface area contributed by atoms with Crippen molar-refractivity contribution >= 4 is 0 Å². The highest BCUT2D eigenvalue weighted by Gasteiger charge is 2.60. The summed E-state index contributed by atoms with van der Waals surface area (Å²) in [6, 6.07) is 0. The van der Waals surface area contributed by atoms with Crippen LogP contribution >= 0.6 is 0 Å². The summed E-state index contributed by atoms with van der Waals surface area (Å²) in [6.07, 6.45) is 8.55. The quantitative estimate of drug-likeness (QED) is 0.571. The lowest BCUT2D eigenvalue weighted by molar-refractivity contribution is 0.300. The van der Waals surface area contributed by atoms with E-state index in [0.717, 1.165) is 5.41 Å². The Balaban J connectivity index is 2.54. The SMILES string of the molecule is CCCC1(CCC)CC1(C)CC. The molecule has 0 aromatic rings. The van der Waals surface area contributed by atoms with Crippen molar-refractivity contribution in [1.29, 1.82) is 0 Å². The van der Waals surface area contributed by atoms with Gasteiger partial charge in [0.2, 0.25) is 0 Å². The van der Waals surface area contributed by atoms with Crippen LogP contribution in [0.15, 0.2) is 0 Å². The Hall–Kier alpha value is 0. The van der Waals surface area contributed by atoms with Crippen molar-refractivity contribution in [3.63, 3.8) is 0 Å². The van der Waals surface area contributed by atoms with Crippen LogP contribution in [0.3, 0.4) is 0 Å². The van der Waals surface area contributed by atoms with Crippen molar-refractivity contribution in [1.82, 2.24) is 0 Å². The molecule has 0 bridgehead atoms. The molecule has 0 radical (unpaired) electrons.